The molecule has 0 spiro atoms. The Morgan fingerprint density at radius 1 is 1.19 bits per heavy atom. The van der Waals surface area contributed by atoms with Gasteiger partial charge in [0.05, 0.1) is 24.2 Å². The first-order chi connectivity index (χ1) is 17.3. The summed E-state index contributed by atoms with van der Waals surface area (Å²) in [5.41, 5.74) is -1.50. The number of piperidine rings is 1. The zero-order valence-electron chi connectivity index (χ0n) is 19.4. The topological polar surface area (TPSA) is 114 Å². The number of nitrogens with one attached hydrogen (secondary N) is 2. The van der Waals surface area contributed by atoms with Gasteiger partial charge < -0.3 is 24.8 Å². The first-order valence-electron chi connectivity index (χ1n) is 11.2. The summed E-state index contributed by atoms with van der Waals surface area (Å²) in [4.78, 5) is 40.1. The van der Waals surface area contributed by atoms with Crippen molar-refractivity contribution in [1.29, 1.82) is 0 Å². The highest BCUT2D eigenvalue weighted by Gasteiger charge is 2.61. The molecule has 2 aliphatic rings. The second kappa shape index (κ2) is 9.79. The number of fused-ring (bicyclic) bond motifs is 1. The number of hydrogen-bond donors (Lipinski definition) is 2. The van der Waals surface area contributed by atoms with Crippen LogP contribution in [0, 0.1) is 5.92 Å². The van der Waals surface area contributed by atoms with Gasteiger partial charge in [0, 0.05) is 38.2 Å². The Morgan fingerprint density at radius 3 is 2.57 bits per heavy atom. The Morgan fingerprint density at radius 2 is 1.92 bits per heavy atom. The van der Waals surface area contributed by atoms with E-state index in [1.165, 1.54) is 19.3 Å². The van der Waals surface area contributed by atoms with Crippen LogP contribution in [0.25, 0.3) is 0 Å². The quantitative estimate of drug-likeness (QED) is 0.441. The van der Waals surface area contributed by atoms with Crippen molar-refractivity contribution in [3.8, 4) is 0 Å². The maximum absolute atomic E-state index is 13.0. The number of nitrogens with zero attached hydrogens (tertiary/aromatic N) is 5. The minimum atomic E-state index is -5.84. The zero-order chi connectivity index (χ0) is 27.0. The molecule has 0 aliphatic carbocycles. The van der Waals surface area contributed by atoms with E-state index in [1.54, 1.807) is 17.0 Å². The summed E-state index contributed by atoms with van der Waals surface area (Å²) in [6.45, 7) is 2.73. The van der Waals surface area contributed by atoms with Crippen molar-refractivity contribution >= 4 is 17.7 Å². The fourth-order valence-electron chi connectivity index (χ4n) is 4.34. The van der Waals surface area contributed by atoms with Crippen LogP contribution < -0.4 is 15.5 Å². The summed E-state index contributed by atoms with van der Waals surface area (Å²) in [6, 6.07) is 0. The first-order valence-corrected chi connectivity index (χ1v) is 11.2. The molecule has 2 unspecified atom stereocenters. The van der Waals surface area contributed by atoms with Crippen molar-refractivity contribution in [2.24, 2.45) is 5.92 Å². The molecule has 4 rings (SSSR count). The molecule has 1 saturated heterocycles. The van der Waals surface area contributed by atoms with Crippen LogP contribution in [0.4, 0.5) is 32.2 Å². The molecule has 2 aliphatic heterocycles. The van der Waals surface area contributed by atoms with Crippen LogP contribution in [0.2, 0.25) is 0 Å². The summed E-state index contributed by atoms with van der Waals surface area (Å²) >= 11 is 0. The Labute approximate surface area is 206 Å². The molecule has 37 heavy (non-hydrogen) atoms. The normalized spacial score (nSPS) is 22.5. The van der Waals surface area contributed by atoms with Gasteiger partial charge in [-0.05, 0) is 19.9 Å². The van der Waals surface area contributed by atoms with Gasteiger partial charge in [-0.25, -0.2) is 9.97 Å². The number of esters is 1. The van der Waals surface area contributed by atoms with Gasteiger partial charge in [-0.2, -0.15) is 26.3 Å². The van der Waals surface area contributed by atoms with Crippen LogP contribution in [-0.4, -0.2) is 75.0 Å². The lowest BCUT2D eigenvalue weighted by Crippen LogP contribution is -2.62. The largest absolute Gasteiger partial charge is 0.442 e. The molecule has 0 bridgehead atoms. The van der Waals surface area contributed by atoms with Crippen molar-refractivity contribution in [2.45, 2.75) is 50.4 Å². The molecule has 2 aromatic heterocycles. The Bertz CT molecular complexity index is 1130. The van der Waals surface area contributed by atoms with Crippen molar-refractivity contribution < 1.29 is 40.7 Å². The maximum Gasteiger partial charge on any atom is 0.434 e. The van der Waals surface area contributed by atoms with E-state index >= 15 is 0 Å². The standard InChI is InChI=1S/C21H23F6N7O3/c1-19(2-3-28-8-12(19)17(36)37-18(20(22,23)24)21(25,26)27)32-16(35)13-10-33-6-7-34(11-15(33)31-13)14-9-29-4-5-30-14/h4-5,9-10,12,18,28H,2-3,6-8,11H2,1H3,(H,32,35). The van der Waals surface area contributed by atoms with Crippen molar-refractivity contribution in [3.05, 3.63) is 36.3 Å². The van der Waals surface area contributed by atoms with E-state index in [9.17, 15) is 35.9 Å². The predicted octanol–water partition coefficient (Wildman–Crippen LogP) is 1.83. The maximum atomic E-state index is 13.0. The molecule has 1 amide bonds. The number of imidazole rings is 1. The second-order valence-corrected chi connectivity index (χ2v) is 9.00. The molecule has 4 heterocycles. The third-order valence-corrected chi connectivity index (χ3v) is 6.36. The molecule has 0 saturated carbocycles. The molecule has 0 radical (unpaired) electrons. The smallest absolute Gasteiger partial charge is 0.434 e. The van der Waals surface area contributed by atoms with E-state index in [0.29, 0.717) is 31.3 Å². The summed E-state index contributed by atoms with van der Waals surface area (Å²) in [6.07, 6.45) is -9.74. The number of alkyl halides is 6. The number of aromatic nitrogens is 4. The van der Waals surface area contributed by atoms with Crippen molar-refractivity contribution in [2.75, 3.05) is 24.5 Å². The lowest BCUT2D eigenvalue weighted by atomic mass is 9.79. The summed E-state index contributed by atoms with van der Waals surface area (Å²) in [7, 11) is 0. The second-order valence-electron chi connectivity index (χ2n) is 9.00. The molecule has 202 valence electrons. The van der Waals surface area contributed by atoms with Crippen molar-refractivity contribution in [3.63, 3.8) is 0 Å². The number of hydrogen-bond acceptors (Lipinski definition) is 8. The monoisotopic (exact) mass is 535 g/mol. The molecule has 1 fully saturated rings. The number of carbonyl (C=O) groups excluding carboxylic acids is 2. The summed E-state index contributed by atoms with van der Waals surface area (Å²) in [5.74, 6) is -2.78. The third kappa shape index (κ3) is 5.78. The van der Waals surface area contributed by atoms with Gasteiger partial charge in [0.2, 0.25) is 0 Å². The number of carbonyl (C=O) groups is 2. The van der Waals surface area contributed by atoms with E-state index in [-0.39, 0.29) is 25.2 Å². The summed E-state index contributed by atoms with van der Waals surface area (Å²) in [5, 5.41) is 5.34. The summed E-state index contributed by atoms with van der Waals surface area (Å²) < 4.78 is 83.1. The van der Waals surface area contributed by atoms with Crippen LogP contribution in [0.3, 0.4) is 0 Å². The van der Waals surface area contributed by atoms with Gasteiger partial charge in [0.15, 0.2) is 0 Å². The van der Waals surface area contributed by atoms with E-state index in [0.717, 1.165) is 0 Å². The highest BCUT2D eigenvalue weighted by Crippen LogP contribution is 2.37. The third-order valence-electron chi connectivity index (χ3n) is 6.36. The zero-order valence-corrected chi connectivity index (χ0v) is 19.4. The molecule has 2 atom stereocenters. The van der Waals surface area contributed by atoms with Gasteiger partial charge in [-0.15, -0.1) is 0 Å². The van der Waals surface area contributed by atoms with E-state index in [1.807, 2.05) is 4.90 Å². The van der Waals surface area contributed by atoms with Crippen LogP contribution in [-0.2, 0) is 22.6 Å². The minimum Gasteiger partial charge on any atom is -0.442 e. The van der Waals surface area contributed by atoms with Gasteiger partial charge in [0.25, 0.3) is 12.0 Å². The number of rotatable bonds is 5. The lowest BCUT2D eigenvalue weighted by molar-refractivity contribution is -0.314. The minimum absolute atomic E-state index is 0.00803. The van der Waals surface area contributed by atoms with Crippen LogP contribution in [0.15, 0.2) is 24.8 Å². The highest BCUT2D eigenvalue weighted by molar-refractivity contribution is 5.93. The number of anilines is 1. The van der Waals surface area contributed by atoms with Crippen LogP contribution >= 0.6 is 0 Å². The van der Waals surface area contributed by atoms with E-state index in [4.69, 9.17) is 0 Å². The van der Waals surface area contributed by atoms with Crippen LogP contribution in [0.5, 0.6) is 0 Å². The Balaban J connectivity index is 1.48. The van der Waals surface area contributed by atoms with Gasteiger partial charge in [-0.3, -0.25) is 14.6 Å². The number of halogens is 6. The SMILES string of the molecule is CC1(NC(=O)c2cn3c(n2)CN(c2cnccn2)CC3)CCNCC1C(=O)OC(C(F)(F)F)C(F)(F)F. The number of ether oxygens (including phenoxy) is 1. The molecule has 16 heteroatoms. The van der Waals surface area contributed by atoms with Crippen LogP contribution in [0.1, 0.15) is 29.7 Å². The number of amides is 1. The Hall–Kier alpha value is -3.43. The predicted molar refractivity (Wildman–Crippen MR) is 114 cm³/mol. The average Bonchev–Trinajstić information content (AvgIpc) is 3.25. The molecule has 2 aromatic rings. The van der Waals surface area contributed by atoms with Gasteiger partial charge in [-0.1, -0.05) is 0 Å². The molecule has 2 N–H and O–H groups in total. The molecular formula is C21H23F6N7O3. The molecule has 0 aromatic carbocycles. The average molecular weight is 535 g/mol. The first kappa shape index (κ1) is 26.6. The molecule has 10 nitrogen and oxygen atoms in total. The fraction of sp³-hybridized carbons (Fsp3) is 0.571. The van der Waals surface area contributed by atoms with Gasteiger partial charge >= 0.3 is 18.3 Å². The Kier molecular flexibility index (Phi) is 7.05. The van der Waals surface area contributed by atoms with E-state index in [2.05, 4.69) is 30.3 Å². The lowest BCUT2D eigenvalue weighted by Gasteiger charge is -2.41. The fourth-order valence-corrected chi connectivity index (χ4v) is 4.34. The van der Waals surface area contributed by atoms with E-state index < -0.39 is 41.8 Å². The molecular weight excluding hydrogens is 512 g/mol. The van der Waals surface area contributed by atoms with Crippen molar-refractivity contribution in [1.82, 2.24) is 30.2 Å². The van der Waals surface area contributed by atoms with Gasteiger partial charge in [0.1, 0.15) is 17.3 Å². The highest BCUT2D eigenvalue weighted by atomic mass is 19.4.